The summed E-state index contributed by atoms with van der Waals surface area (Å²) in [5.41, 5.74) is 4.01. The Kier molecular flexibility index (Phi) is 4.52. The van der Waals surface area contributed by atoms with Gasteiger partial charge in [0.05, 0.1) is 15.9 Å². The minimum absolute atomic E-state index is 0.497. The topological polar surface area (TPSA) is 21.1 Å². The lowest BCUT2D eigenvalue weighted by molar-refractivity contribution is 0.185. The van der Waals surface area contributed by atoms with Crippen LogP contribution in [-0.4, -0.2) is 21.2 Å². The van der Waals surface area contributed by atoms with Crippen LogP contribution in [-0.2, 0) is 25.9 Å². The molecule has 0 N–H and O–H groups in total. The quantitative estimate of drug-likeness (QED) is 0.797. The van der Waals surface area contributed by atoms with Crippen molar-refractivity contribution in [3.05, 3.63) is 37.7 Å². The highest BCUT2D eigenvalue weighted by molar-refractivity contribution is 9.10. The smallest absolute Gasteiger partial charge is 0.0767 e. The summed E-state index contributed by atoms with van der Waals surface area (Å²) >= 11 is 5.67. The first-order valence-corrected chi connectivity index (χ1v) is 9.37. The van der Waals surface area contributed by atoms with Crippen molar-refractivity contribution < 1.29 is 0 Å². The average molecular weight is 368 g/mol. The van der Waals surface area contributed by atoms with Gasteiger partial charge in [-0.2, -0.15) is 5.10 Å². The Morgan fingerprint density at radius 3 is 2.95 bits per heavy atom. The van der Waals surface area contributed by atoms with E-state index in [0.29, 0.717) is 6.04 Å². The maximum atomic E-state index is 4.72. The van der Waals surface area contributed by atoms with E-state index in [9.17, 15) is 0 Å². The first-order valence-electron chi connectivity index (χ1n) is 7.70. The minimum Gasteiger partial charge on any atom is -0.290 e. The van der Waals surface area contributed by atoms with Gasteiger partial charge in [0, 0.05) is 30.6 Å². The van der Waals surface area contributed by atoms with Crippen molar-refractivity contribution in [3.8, 4) is 0 Å². The summed E-state index contributed by atoms with van der Waals surface area (Å²) < 4.78 is 3.36. The Labute approximate surface area is 139 Å². The molecule has 3 rings (SSSR count). The minimum atomic E-state index is 0.497. The third-order valence-corrected chi connectivity index (χ3v) is 6.36. The lowest BCUT2D eigenvalue weighted by Crippen LogP contribution is -2.33. The van der Waals surface area contributed by atoms with Gasteiger partial charge < -0.3 is 0 Å². The molecular weight excluding hydrogens is 346 g/mol. The molecule has 0 radical (unpaired) electrons. The summed E-state index contributed by atoms with van der Waals surface area (Å²) in [6.45, 7) is 9.69. The molecule has 1 atom stereocenters. The Balaban J connectivity index is 1.86. The molecule has 114 valence electrons. The van der Waals surface area contributed by atoms with E-state index in [1.54, 1.807) is 4.88 Å². The largest absolute Gasteiger partial charge is 0.290 e. The van der Waals surface area contributed by atoms with Gasteiger partial charge >= 0.3 is 0 Å². The van der Waals surface area contributed by atoms with E-state index in [-0.39, 0.29) is 0 Å². The van der Waals surface area contributed by atoms with Crippen LogP contribution in [0.2, 0.25) is 0 Å². The fourth-order valence-electron chi connectivity index (χ4n) is 3.14. The molecule has 0 fully saturated rings. The molecule has 2 aromatic rings. The number of aromatic nitrogens is 2. The van der Waals surface area contributed by atoms with Gasteiger partial charge in [0.2, 0.25) is 0 Å². The Morgan fingerprint density at radius 1 is 1.43 bits per heavy atom. The van der Waals surface area contributed by atoms with Crippen molar-refractivity contribution in [2.45, 2.75) is 52.7 Å². The maximum Gasteiger partial charge on any atom is 0.0767 e. The number of nitrogens with zero attached hydrogens (tertiary/aromatic N) is 3. The van der Waals surface area contributed by atoms with Gasteiger partial charge in [-0.3, -0.25) is 9.58 Å². The van der Waals surface area contributed by atoms with E-state index in [1.165, 1.54) is 27.8 Å². The van der Waals surface area contributed by atoms with Gasteiger partial charge in [-0.15, -0.1) is 11.3 Å². The number of fused-ring (bicyclic) bond motifs is 1. The van der Waals surface area contributed by atoms with Gasteiger partial charge in [0.1, 0.15) is 0 Å². The van der Waals surface area contributed by atoms with Crippen LogP contribution in [0, 0.1) is 0 Å². The van der Waals surface area contributed by atoms with Crippen LogP contribution in [0.3, 0.4) is 0 Å². The molecule has 21 heavy (non-hydrogen) atoms. The van der Waals surface area contributed by atoms with Crippen LogP contribution in [0.25, 0.3) is 0 Å². The van der Waals surface area contributed by atoms with Gasteiger partial charge in [0.15, 0.2) is 0 Å². The SMILES string of the molecule is CCc1nn(CC)c(CN2CCc3sccc3C2C)c1Br. The molecule has 0 aliphatic carbocycles. The zero-order valence-corrected chi connectivity index (χ0v) is 15.3. The van der Waals surface area contributed by atoms with Crippen molar-refractivity contribution in [1.29, 1.82) is 0 Å². The number of thiophene rings is 1. The zero-order chi connectivity index (χ0) is 15.0. The molecule has 5 heteroatoms. The van der Waals surface area contributed by atoms with Gasteiger partial charge in [-0.25, -0.2) is 0 Å². The van der Waals surface area contributed by atoms with E-state index in [4.69, 9.17) is 5.10 Å². The summed E-state index contributed by atoms with van der Waals surface area (Å²) in [5, 5.41) is 6.94. The summed E-state index contributed by atoms with van der Waals surface area (Å²) in [7, 11) is 0. The molecule has 1 aliphatic heterocycles. The Bertz CT molecular complexity index is 632. The summed E-state index contributed by atoms with van der Waals surface area (Å²) in [6, 6.07) is 2.79. The van der Waals surface area contributed by atoms with Crippen molar-refractivity contribution in [1.82, 2.24) is 14.7 Å². The van der Waals surface area contributed by atoms with Crippen molar-refractivity contribution in [2.24, 2.45) is 0 Å². The van der Waals surface area contributed by atoms with E-state index >= 15 is 0 Å². The average Bonchev–Trinajstić information content (AvgIpc) is 3.08. The van der Waals surface area contributed by atoms with Gasteiger partial charge in [-0.1, -0.05) is 6.92 Å². The normalized spacial score (nSPS) is 19.0. The third-order valence-electron chi connectivity index (χ3n) is 4.45. The fourth-order valence-corrected chi connectivity index (χ4v) is 4.79. The molecule has 1 aliphatic rings. The molecule has 0 saturated carbocycles. The molecule has 0 aromatic carbocycles. The second kappa shape index (κ2) is 6.23. The number of rotatable bonds is 4. The molecule has 0 bridgehead atoms. The predicted molar refractivity (Wildman–Crippen MR) is 91.8 cm³/mol. The maximum absolute atomic E-state index is 4.72. The molecule has 3 nitrogen and oxygen atoms in total. The standard InChI is InChI=1S/C16H22BrN3S/c1-4-13-16(17)14(20(5-2)18-13)10-19-8-6-15-12(11(19)3)7-9-21-15/h7,9,11H,4-6,8,10H2,1-3H3. The molecule has 0 amide bonds. The van der Waals surface area contributed by atoms with Crippen LogP contribution in [0.4, 0.5) is 0 Å². The number of hydrogen-bond acceptors (Lipinski definition) is 3. The van der Waals surface area contributed by atoms with Crippen LogP contribution >= 0.6 is 27.3 Å². The molecular formula is C16H22BrN3S. The van der Waals surface area contributed by atoms with E-state index < -0.39 is 0 Å². The summed E-state index contributed by atoms with van der Waals surface area (Å²) in [5.74, 6) is 0. The van der Waals surface area contributed by atoms with Crippen LogP contribution in [0.15, 0.2) is 15.9 Å². The molecule has 0 spiro atoms. The summed E-state index contributed by atoms with van der Waals surface area (Å²) in [4.78, 5) is 4.14. The molecule has 0 saturated heterocycles. The van der Waals surface area contributed by atoms with E-state index in [2.05, 4.69) is 57.7 Å². The van der Waals surface area contributed by atoms with Crippen LogP contribution in [0.5, 0.6) is 0 Å². The molecule has 3 heterocycles. The van der Waals surface area contributed by atoms with Crippen molar-refractivity contribution >= 4 is 27.3 Å². The van der Waals surface area contributed by atoms with E-state index in [1.807, 2.05) is 11.3 Å². The second-order valence-electron chi connectivity index (χ2n) is 5.57. The monoisotopic (exact) mass is 367 g/mol. The predicted octanol–water partition coefficient (Wildman–Crippen LogP) is 4.41. The Morgan fingerprint density at radius 2 is 2.24 bits per heavy atom. The Hall–Kier alpha value is -0.650. The number of halogens is 1. The third kappa shape index (κ3) is 2.71. The lowest BCUT2D eigenvalue weighted by Gasteiger charge is -2.33. The highest BCUT2D eigenvalue weighted by atomic mass is 79.9. The molecule has 1 unspecified atom stereocenters. The number of hydrogen-bond donors (Lipinski definition) is 0. The first kappa shape index (κ1) is 15.3. The highest BCUT2D eigenvalue weighted by Gasteiger charge is 2.26. The van der Waals surface area contributed by atoms with Crippen LogP contribution < -0.4 is 0 Å². The van der Waals surface area contributed by atoms with Crippen LogP contribution in [0.1, 0.15) is 48.6 Å². The lowest BCUT2D eigenvalue weighted by atomic mass is 10.0. The number of aryl methyl sites for hydroxylation is 2. The first-order chi connectivity index (χ1) is 10.2. The highest BCUT2D eigenvalue weighted by Crippen LogP contribution is 2.35. The summed E-state index contributed by atoms with van der Waals surface area (Å²) in [6.07, 6.45) is 2.15. The van der Waals surface area contributed by atoms with Crippen molar-refractivity contribution in [2.75, 3.05) is 6.54 Å². The van der Waals surface area contributed by atoms with Crippen molar-refractivity contribution in [3.63, 3.8) is 0 Å². The second-order valence-corrected chi connectivity index (χ2v) is 7.37. The zero-order valence-electron chi connectivity index (χ0n) is 12.9. The van der Waals surface area contributed by atoms with E-state index in [0.717, 1.165) is 26.1 Å². The molecule has 2 aromatic heterocycles. The van der Waals surface area contributed by atoms with Gasteiger partial charge in [-0.05, 0) is 59.6 Å². The van der Waals surface area contributed by atoms with Gasteiger partial charge in [0.25, 0.3) is 0 Å². The fraction of sp³-hybridized carbons (Fsp3) is 0.562.